The summed E-state index contributed by atoms with van der Waals surface area (Å²) in [6, 6.07) is 39.9. The molecule has 7 heteroatoms. The van der Waals surface area contributed by atoms with E-state index in [0.717, 1.165) is 55.8 Å². The Morgan fingerprint density at radius 3 is 1.52 bits per heavy atom. The van der Waals surface area contributed by atoms with Crippen molar-refractivity contribution in [2.24, 2.45) is 0 Å². The van der Waals surface area contributed by atoms with Crippen molar-refractivity contribution in [1.29, 1.82) is 0 Å². The zero-order valence-electron chi connectivity index (χ0n) is 25.9. The number of hydrogen-bond acceptors (Lipinski definition) is 5. The Labute approximate surface area is 280 Å². The van der Waals surface area contributed by atoms with Gasteiger partial charge < -0.3 is 16.0 Å². The molecule has 0 aliphatic rings. The molecule has 0 radical (unpaired) electrons. The Morgan fingerprint density at radius 2 is 1.09 bits per heavy atom. The minimum Gasteiger partial charge on any atom is -1.00 e. The number of nitrogens with zero attached hydrogens (tertiary/aromatic N) is 2. The maximum atomic E-state index is 11.6. The molecule has 6 aromatic rings. The average molecular weight is 593 g/mol. The van der Waals surface area contributed by atoms with Gasteiger partial charge in [-0.25, -0.2) is 9.97 Å². The first-order chi connectivity index (χ1) is 21.0. The molecule has 0 amide bonds. The van der Waals surface area contributed by atoms with Crippen molar-refractivity contribution in [3.63, 3.8) is 0 Å². The number of fused-ring (bicyclic) bond motifs is 2. The van der Waals surface area contributed by atoms with Gasteiger partial charge >= 0.3 is 35.5 Å². The van der Waals surface area contributed by atoms with E-state index in [-0.39, 0.29) is 37.4 Å². The van der Waals surface area contributed by atoms with E-state index < -0.39 is 11.4 Å². The van der Waals surface area contributed by atoms with E-state index in [1.165, 1.54) is 0 Å². The molecule has 0 atom stereocenters. The smallest absolute Gasteiger partial charge is 1.00 e. The standard InChI is InChI=1S/C37H32N2O4.Na.H/c1-37(23-22-36(40)41,28-12-18-32(19-13-28)42-24-30-16-10-26-6-2-4-8-34(26)38-30)29-14-20-33(21-15-29)43-25-31-17-11-27-7-3-5-9-35(27)39-31;;/h2-21H,22-25H2,1H3,(H,40,41);;/q;+1;-1. The summed E-state index contributed by atoms with van der Waals surface area (Å²) >= 11 is 0. The molecule has 0 aliphatic heterocycles. The third-order valence-corrected chi connectivity index (χ3v) is 7.91. The second-order valence-corrected chi connectivity index (χ2v) is 10.8. The molecule has 216 valence electrons. The summed E-state index contributed by atoms with van der Waals surface area (Å²) in [5.41, 5.74) is 5.10. The van der Waals surface area contributed by atoms with Gasteiger partial charge in [-0.1, -0.05) is 79.7 Å². The predicted octanol–water partition coefficient (Wildman–Crippen LogP) is 5.23. The maximum Gasteiger partial charge on any atom is 1.00 e. The third-order valence-electron chi connectivity index (χ3n) is 7.91. The van der Waals surface area contributed by atoms with Crippen LogP contribution in [0.15, 0.2) is 121 Å². The average Bonchev–Trinajstić information content (AvgIpc) is 3.05. The molecule has 2 aromatic heterocycles. The molecule has 1 N–H and O–H groups in total. The van der Waals surface area contributed by atoms with Crippen molar-refractivity contribution in [3.8, 4) is 11.5 Å². The zero-order chi connectivity index (χ0) is 29.6. The number of pyridine rings is 2. The Balaban J connectivity index is 0.00000230. The molecule has 2 heterocycles. The second kappa shape index (κ2) is 14.0. The molecule has 0 saturated carbocycles. The van der Waals surface area contributed by atoms with Gasteiger partial charge in [0.05, 0.1) is 22.4 Å². The van der Waals surface area contributed by atoms with Crippen LogP contribution in [0.2, 0.25) is 0 Å². The summed E-state index contributed by atoms with van der Waals surface area (Å²) in [6.45, 7) is 2.80. The Kier molecular flexibility index (Phi) is 9.95. The van der Waals surface area contributed by atoms with Gasteiger partial charge in [-0.3, -0.25) is 4.79 Å². The zero-order valence-corrected chi connectivity index (χ0v) is 26.9. The van der Waals surface area contributed by atoms with Gasteiger partial charge in [0.2, 0.25) is 0 Å². The van der Waals surface area contributed by atoms with Gasteiger partial charge in [-0.05, 0) is 66.1 Å². The number of aliphatic carboxylic acids is 1. The fourth-order valence-electron chi connectivity index (χ4n) is 5.34. The van der Waals surface area contributed by atoms with Crippen LogP contribution in [0.4, 0.5) is 0 Å². The molecule has 0 spiro atoms. The van der Waals surface area contributed by atoms with Crippen LogP contribution in [-0.4, -0.2) is 21.0 Å². The first-order valence-corrected chi connectivity index (χ1v) is 14.3. The molecular formula is C37H33N2NaO4. The van der Waals surface area contributed by atoms with Crippen LogP contribution in [0.3, 0.4) is 0 Å². The molecule has 6 rings (SSSR count). The van der Waals surface area contributed by atoms with Gasteiger partial charge in [-0.2, -0.15) is 0 Å². The second-order valence-electron chi connectivity index (χ2n) is 10.8. The van der Waals surface area contributed by atoms with Gasteiger partial charge in [0, 0.05) is 22.6 Å². The summed E-state index contributed by atoms with van der Waals surface area (Å²) in [6.07, 6.45) is 0.499. The van der Waals surface area contributed by atoms with Crippen LogP contribution >= 0.6 is 0 Å². The Morgan fingerprint density at radius 1 is 0.659 bits per heavy atom. The van der Waals surface area contributed by atoms with E-state index in [0.29, 0.717) is 19.6 Å². The number of benzene rings is 4. The van der Waals surface area contributed by atoms with E-state index in [9.17, 15) is 9.90 Å². The normalized spacial score (nSPS) is 11.2. The van der Waals surface area contributed by atoms with Crippen molar-refractivity contribution < 1.29 is 50.4 Å². The van der Waals surface area contributed by atoms with Crippen molar-refractivity contribution >= 4 is 27.8 Å². The van der Waals surface area contributed by atoms with Crippen LogP contribution in [0, 0.1) is 0 Å². The SMILES string of the molecule is CC(CCC(=O)O)(c1ccc(OCc2ccc3ccccc3n2)cc1)c1ccc(OCc2ccc3ccccc3n2)cc1.[H-].[Na+]. The summed E-state index contributed by atoms with van der Waals surface area (Å²) in [5, 5.41) is 11.7. The molecular weight excluding hydrogens is 559 g/mol. The molecule has 0 aliphatic carbocycles. The van der Waals surface area contributed by atoms with Gasteiger partial charge in [-0.15, -0.1) is 0 Å². The maximum absolute atomic E-state index is 11.6. The van der Waals surface area contributed by atoms with Gasteiger partial charge in [0.15, 0.2) is 0 Å². The number of aromatic nitrogens is 2. The number of rotatable bonds is 11. The molecule has 44 heavy (non-hydrogen) atoms. The topological polar surface area (TPSA) is 81.5 Å². The van der Waals surface area contributed by atoms with Crippen molar-refractivity contribution in [2.45, 2.75) is 38.4 Å². The number of carboxylic acids is 1. The number of ether oxygens (including phenoxy) is 2. The molecule has 0 fully saturated rings. The minimum atomic E-state index is -0.822. The summed E-state index contributed by atoms with van der Waals surface area (Å²) in [4.78, 5) is 20.9. The van der Waals surface area contributed by atoms with Crippen molar-refractivity contribution in [3.05, 3.63) is 144 Å². The number of carbonyl (C=O) groups is 1. The van der Waals surface area contributed by atoms with Crippen LogP contribution in [0.25, 0.3) is 21.8 Å². The molecule has 0 saturated heterocycles. The van der Waals surface area contributed by atoms with Crippen LogP contribution in [-0.2, 0) is 23.4 Å². The number of para-hydroxylation sites is 2. The van der Waals surface area contributed by atoms with Gasteiger partial charge in [0.1, 0.15) is 24.7 Å². The van der Waals surface area contributed by atoms with Crippen LogP contribution in [0.5, 0.6) is 11.5 Å². The Bertz CT molecular complexity index is 1750. The fourth-order valence-corrected chi connectivity index (χ4v) is 5.34. The van der Waals surface area contributed by atoms with Crippen molar-refractivity contribution in [2.75, 3.05) is 0 Å². The van der Waals surface area contributed by atoms with Crippen molar-refractivity contribution in [1.82, 2.24) is 9.97 Å². The largest absolute Gasteiger partial charge is 1.00 e. The monoisotopic (exact) mass is 592 g/mol. The predicted molar refractivity (Wildman–Crippen MR) is 169 cm³/mol. The number of carboxylic acid groups (broad SMARTS) is 1. The van der Waals surface area contributed by atoms with E-state index in [1.54, 1.807) is 0 Å². The van der Waals surface area contributed by atoms with Crippen LogP contribution < -0.4 is 39.0 Å². The summed E-state index contributed by atoms with van der Waals surface area (Å²) in [5.74, 6) is 0.632. The first-order valence-electron chi connectivity index (χ1n) is 14.3. The molecule has 6 nitrogen and oxygen atoms in total. The Hall–Kier alpha value is -4.23. The van der Waals surface area contributed by atoms with Crippen LogP contribution in [0.1, 0.15) is 43.7 Å². The number of hydrogen-bond donors (Lipinski definition) is 1. The van der Waals surface area contributed by atoms with E-state index >= 15 is 0 Å². The van der Waals surface area contributed by atoms with E-state index in [4.69, 9.17) is 9.47 Å². The quantitative estimate of drug-likeness (QED) is 0.208. The molecule has 0 unspecified atom stereocenters. The van der Waals surface area contributed by atoms with E-state index in [1.807, 2.05) is 109 Å². The van der Waals surface area contributed by atoms with E-state index in [2.05, 4.69) is 29.0 Å². The fraction of sp³-hybridized carbons (Fsp3) is 0.162. The minimum absolute atomic E-state index is 0. The van der Waals surface area contributed by atoms with Gasteiger partial charge in [0.25, 0.3) is 0 Å². The summed E-state index contributed by atoms with van der Waals surface area (Å²) in [7, 11) is 0. The first kappa shape index (κ1) is 31.2. The third kappa shape index (κ3) is 7.28. The molecule has 0 bridgehead atoms. The molecule has 4 aromatic carbocycles. The summed E-state index contributed by atoms with van der Waals surface area (Å²) < 4.78 is 12.1.